The van der Waals surface area contributed by atoms with Gasteiger partial charge in [-0.05, 0) is 43.5 Å². The highest BCUT2D eigenvalue weighted by Gasteiger charge is 2.41. The van der Waals surface area contributed by atoms with Crippen LogP contribution >= 0.6 is 11.6 Å². The van der Waals surface area contributed by atoms with Crippen LogP contribution in [0.15, 0.2) is 35.0 Å². The molecule has 0 aromatic heterocycles. The van der Waals surface area contributed by atoms with Gasteiger partial charge in [0, 0.05) is 13.1 Å². The summed E-state index contributed by atoms with van der Waals surface area (Å²) in [5, 5.41) is -0.0432. The standard InChI is InChI=1S/C18H19ClN2O4/c1-2-11-25-18(24)12-5-7-13(8-6-12)21-16(22)14(19)15(17(21)23)20-9-3-4-10-20/h5-8H,2-4,9-11H2,1H3. The van der Waals surface area contributed by atoms with Crippen LogP contribution < -0.4 is 4.90 Å². The molecule has 3 rings (SSSR count). The first-order chi connectivity index (χ1) is 12.0. The van der Waals surface area contributed by atoms with Crippen molar-refractivity contribution in [3.05, 3.63) is 40.6 Å². The van der Waals surface area contributed by atoms with Gasteiger partial charge in [0.25, 0.3) is 11.8 Å². The van der Waals surface area contributed by atoms with Gasteiger partial charge in [-0.2, -0.15) is 0 Å². The molecular formula is C18H19ClN2O4. The number of ether oxygens (including phenoxy) is 1. The van der Waals surface area contributed by atoms with E-state index in [9.17, 15) is 14.4 Å². The van der Waals surface area contributed by atoms with Crippen molar-refractivity contribution in [1.29, 1.82) is 0 Å². The van der Waals surface area contributed by atoms with E-state index in [0.29, 0.717) is 17.9 Å². The van der Waals surface area contributed by atoms with Crippen molar-refractivity contribution >= 4 is 35.1 Å². The molecule has 0 unspecified atom stereocenters. The number of benzene rings is 1. The van der Waals surface area contributed by atoms with E-state index in [1.54, 1.807) is 12.1 Å². The molecule has 0 atom stereocenters. The molecule has 7 heteroatoms. The van der Waals surface area contributed by atoms with Crippen LogP contribution in [0.5, 0.6) is 0 Å². The molecule has 2 aliphatic rings. The number of nitrogens with zero attached hydrogens (tertiary/aromatic N) is 2. The smallest absolute Gasteiger partial charge is 0.338 e. The number of carbonyl (C=O) groups excluding carboxylic acids is 3. The lowest BCUT2D eigenvalue weighted by Crippen LogP contribution is -2.34. The summed E-state index contributed by atoms with van der Waals surface area (Å²) in [5.74, 6) is -1.38. The normalized spacial score (nSPS) is 17.7. The summed E-state index contributed by atoms with van der Waals surface area (Å²) in [6.07, 6.45) is 2.69. The van der Waals surface area contributed by atoms with Crippen molar-refractivity contribution in [2.24, 2.45) is 0 Å². The quantitative estimate of drug-likeness (QED) is 0.595. The van der Waals surface area contributed by atoms with Crippen LogP contribution in [0, 0.1) is 0 Å². The largest absolute Gasteiger partial charge is 0.462 e. The average Bonchev–Trinajstić information content (AvgIpc) is 3.21. The average molecular weight is 363 g/mol. The summed E-state index contributed by atoms with van der Waals surface area (Å²) in [5.41, 5.74) is 1.03. The molecule has 0 aliphatic carbocycles. The maximum atomic E-state index is 12.7. The number of anilines is 1. The molecule has 1 aromatic carbocycles. The van der Waals surface area contributed by atoms with Gasteiger partial charge in [-0.25, -0.2) is 9.69 Å². The second-order valence-electron chi connectivity index (χ2n) is 5.99. The highest BCUT2D eigenvalue weighted by atomic mass is 35.5. The van der Waals surface area contributed by atoms with Crippen molar-refractivity contribution in [1.82, 2.24) is 4.90 Å². The van der Waals surface area contributed by atoms with Crippen molar-refractivity contribution in [3.63, 3.8) is 0 Å². The van der Waals surface area contributed by atoms with Crippen molar-refractivity contribution in [2.45, 2.75) is 26.2 Å². The Morgan fingerprint density at radius 1 is 1.12 bits per heavy atom. The van der Waals surface area contributed by atoms with Crippen molar-refractivity contribution in [2.75, 3.05) is 24.6 Å². The second kappa shape index (κ2) is 7.27. The number of rotatable bonds is 5. The van der Waals surface area contributed by atoms with Gasteiger partial charge < -0.3 is 9.64 Å². The minimum Gasteiger partial charge on any atom is -0.462 e. The van der Waals surface area contributed by atoms with Gasteiger partial charge in [-0.15, -0.1) is 0 Å². The number of amides is 2. The highest BCUT2D eigenvalue weighted by molar-refractivity contribution is 6.52. The van der Waals surface area contributed by atoms with E-state index >= 15 is 0 Å². The van der Waals surface area contributed by atoms with Crippen LogP contribution in [0.1, 0.15) is 36.5 Å². The van der Waals surface area contributed by atoms with Crippen LogP contribution in [0.2, 0.25) is 0 Å². The molecular weight excluding hydrogens is 344 g/mol. The van der Waals surface area contributed by atoms with Gasteiger partial charge in [-0.3, -0.25) is 9.59 Å². The predicted molar refractivity (Wildman–Crippen MR) is 93.2 cm³/mol. The number of imide groups is 1. The van der Waals surface area contributed by atoms with Crippen LogP contribution in [-0.4, -0.2) is 42.4 Å². The van der Waals surface area contributed by atoms with E-state index in [2.05, 4.69) is 0 Å². The summed E-state index contributed by atoms with van der Waals surface area (Å²) < 4.78 is 5.06. The molecule has 0 saturated carbocycles. The number of esters is 1. The summed E-state index contributed by atoms with van der Waals surface area (Å²) in [6, 6.07) is 6.18. The monoisotopic (exact) mass is 362 g/mol. The topological polar surface area (TPSA) is 66.9 Å². The molecule has 6 nitrogen and oxygen atoms in total. The molecule has 0 bridgehead atoms. The number of carbonyl (C=O) groups is 3. The number of likely N-dealkylation sites (tertiary alicyclic amines) is 1. The molecule has 0 N–H and O–H groups in total. The van der Waals surface area contributed by atoms with Crippen LogP contribution in [-0.2, 0) is 14.3 Å². The van der Waals surface area contributed by atoms with Crippen molar-refractivity contribution in [3.8, 4) is 0 Å². The Kier molecular flexibility index (Phi) is 5.08. The zero-order valence-corrected chi connectivity index (χ0v) is 14.7. The fraction of sp³-hybridized carbons (Fsp3) is 0.389. The summed E-state index contributed by atoms with van der Waals surface area (Å²) >= 11 is 6.14. The number of hydrogen-bond acceptors (Lipinski definition) is 5. The van der Waals surface area contributed by atoms with Gasteiger partial charge in [0.15, 0.2) is 0 Å². The maximum absolute atomic E-state index is 12.7. The zero-order valence-electron chi connectivity index (χ0n) is 14.0. The lowest BCUT2D eigenvalue weighted by atomic mass is 10.2. The Morgan fingerprint density at radius 2 is 1.76 bits per heavy atom. The molecule has 25 heavy (non-hydrogen) atoms. The van der Waals surface area contributed by atoms with Gasteiger partial charge in [0.05, 0.1) is 17.9 Å². The Bertz CT molecular complexity index is 736. The van der Waals surface area contributed by atoms with E-state index in [1.165, 1.54) is 12.1 Å². The molecule has 1 saturated heterocycles. The molecule has 0 radical (unpaired) electrons. The number of halogens is 1. The van der Waals surface area contributed by atoms with E-state index in [1.807, 2.05) is 11.8 Å². The van der Waals surface area contributed by atoms with E-state index in [-0.39, 0.29) is 10.7 Å². The first-order valence-electron chi connectivity index (χ1n) is 8.35. The first-order valence-corrected chi connectivity index (χ1v) is 8.73. The van der Waals surface area contributed by atoms with E-state index in [4.69, 9.17) is 16.3 Å². The minimum atomic E-state index is -0.533. The predicted octanol–water partition coefficient (Wildman–Crippen LogP) is 2.67. The second-order valence-corrected chi connectivity index (χ2v) is 6.36. The highest BCUT2D eigenvalue weighted by Crippen LogP contribution is 2.32. The van der Waals surface area contributed by atoms with Crippen LogP contribution in [0.3, 0.4) is 0 Å². The Balaban J connectivity index is 1.79. The SMILES string of the molecule is CCCOC(=O)c1ccc(N2C(=O)C(Cl)=C(N3CCCC3)C2=O)cc1. The van der Waals surface area contributed by atoms with Crippen LogP contribution in [0.25, 0.3) is 0 Å². The van der Waals surface area contributed by atoms with Gasteiger partial charge in [-0.1, -0.05) is 18.5 Å². The number of hydrogen-bond donors (Lipinski definition) is 0. The Hall–Kier alpha value is -2.34. The van der Waals surface area contributed by atoms with E-state index < -0.39 is 17.8 Å². The minimum absolute atomic E-state index is 0.0432. The first kappa shape index (κ1) is 17.5. The Labute approximate surface area is 151 Å². The fourth-order valence-corrected chi connectivity index (χ4v) is 3.25. The van der Waals surface area contributed by atoms with Gasteiger partial charge >= 0.3 is 5.97 Å². The summed E-state index contributed by atoms with van der Waals surface area (Å²) in [4.78, 5) is 39.9. The van der Waals surface area contributed by atoms with Crippen molar-refractivity contribution < 1.29 is 19.1 Å². The lowest BCUT2D eigenvalue weighted by molar-refractivity contribution is -0.121. The molecule has 1 aromatic rings. The van der Waals surface area contributed by atoms with Crippen LogP contribution in [0.4, 0.5) is 5.69 Å². The molecule has 132 valence electrons. The molecule has 0 spiro atoms. The third-order valence-electron chi connectivity index (χ3n) is 4.23. The molecule has 2 heterocycles. The third-order valence-corrected chi connectivity index (χ3v) is 4.57. The van der Waals surface area contributed by atoms with Gasteiger partial charge in [0.2, 0.25) is 0 Å². The van der Waals surface area contributed by atoms with E-state index in [0.717, 1.165) is 37.3 Å². The molecule has 1 fully saturated rings. The molecule has 2 amide bonds. The Morgan fingerprint density at radius 3 is 2.36 bits per heavy atom. The lowest BCUT2D eigenvalue weighted by Gasteiger charge is -2.20. The fourth-order valence-electron chi connectivity index (χ4n) is 2.97. The maximum Gasteiger partial charge on any atom is 0.338 e. The summed E-state index contributed by atoms with van der Waals surface area (Å²) in [6.45, 7) is 3.71. The zero-order chi connectivity index (χ0) is 18.0. The third kappa shape index (κ3) is 3.26. The molecule has 2 aliphatic heterocycles. The van der Waals surface area contributed by atoms with Gasteiger partial charge in [0.1, 0.15) is 10.7 Å². The summed E-state index contributed by atoms with van der Waals surface area (Å²) in [7, 11) is 0.